The summed E-state index contributed by atoms with van der Waals surface area (Å²) in [6, 6.07) is 10.2. The van der Waals surface area contributed by atoms with Crippen molar-refractivity contribution >= 4 is 33.3 Å². The zero-order valence-corrected chi connectivity index (χ0v) is 17.5. The molecule has 1 fully saturated rings. The van der Waals surface area contributed by atoms with Gasteiger partial charge in [0.05, 0.1) is 17.1 Å². The highest BCUT2D eigenvalue weighted by atomic mass is 32.2. The first-order valence-electron chi connectivity index (χ1n) is 9.64. The summed E-state index contributed by atoms with van der Waals surface area (Å²) in [4.78, 5) is 52.1. The lowest BCUT2D eigenvalue weighted by Crippen LogP contribution is -2.40. The number of fused-ring (bicyclic) bond motifs is 2. The van der Waals surface area contributed by atoms with Crippen LogP contribution in [0.4, 0.5) is 0 Å². The molecule has 0 aromatic heterocycles. The van der Waals surface area contributed by atoms with Crippen molar-refractivity contribution in [1.82, 2.24) is 4.90 Å². The maximum Gasteiger partial charge on any atom is 0.339 e. The molecule has 0 N–H and O–H groups in total. The third-order valence-electron chi connectivity index (χ3n) is 5.65. The molecule has 1 atom stereocenters. The number of amides is 1. The van der Waals surface area contributed by atoms with Gasteiger partial charge in [-0.1, -0.05) is 36.4 Å². The lowest BCUT2D eigenvalue weighted by Gasteiger charge is -2.23. The normalized spacial score (nSPS) is 18.8. The molecule has 1 saturated heterocycles. The van der Waals surface area contributed by atoms with E-state index in [1.165, 1.54) is 36.2 Å². The summed E-state index contributed by atoms with van der Waals surface area (Å²) in [5, 5.41) is 0. The third kappa shape index (κ3) is 3.76. The molecule has 0 saturated carbocycles. The number of hydrogen-bond donors (Lipinski definition) is 0. The number of carbonyl (C=O) groups is 4. The molecule has 0 spiro atoms. The van der Waals surface area contributed by atoms with E-state index in [1.807, 2.05) is 0 Å². The zero-order chi connectivity index (χ0) is 22.3. The topological polar surface area (TPSA) is 115 Å². The second kappa shape index (κ2) is 7.73. The summed E-state index contributed by atoms with van der Waals surface area (Å²) in [5.74, 6) is -2.38. The van der Waals surface area contributed by atoms with E-state index in [-0.39, 0.29) is 45.1 Å². The van der Waals surface area contributed by atoms with E-state index in [9.17, 15) is 27.6 Å². The molecule has 0 bridgehead atoms. The summed E-state index contributed by atoms with van der Waals surface area (Å²) in [5.41, 5.74) is 0.452. The van der Waals surface area contributed by atoms with Gasteiger partial charge in [0.25, 0.3) is 5.91 Å². The van der Waals surface area contributed by atoms with Crippen molar-refractivity contribution in [3.8, 4) is 0 Å². The Morgan fingerprint density at radius 3 is 2.29 bits per heavy atom. The summed E-state index contributed by atoms with van der Waals surface area (Å²) < 4.78 is 28.4. The van der Waals surface area contributed by atoms with Crippen LogP contribution in [0.3, 0.4) is 0 Å². The van der Waals surface area contributed by atoms with E-state index in [0.29, 0.717) is 6.42 Å². The molecular formula is C22H19NO7S. The predicted octanol–water partition coefficient (Wildman–Crippen LogP) is 1.26. The molecule has 9 heteroatoms. The Balaban J connectivity index is 1.52. The van der Waals surface area contributed by atoms with Gasteiger partial charge in [0.1, 0.15) is 0 Å². The van der Waals surface area contributed by atoms with Crippen molar-refractivity contribution in [2.24, 2.45) is 0 Å². The van der Waals surface area contributed by atoms with Crippen LogP contribution < -0.4 is 0 Å². The maximum atomic E-state index is 13.0. The van der Waals surface area contributed by atoms with Crippen LogP contribution in [0, 0.1) is 0 Å². The minimum Gasteiger partial charge on any atom is -0.452 e. The molecule has 8 nitrogen and oxygen atoms in total. The molecule has 0 radical (unpaired) electrons. The summed E-state index contributed by atoms with van der Waals surface area (Å²) >= 11 is 0. The first-order valence-corrected chi connectivity index (χ1v) is 11.5. The molecule has 4 rings (SSSR count). The fourth-order valence-corrected chi connectivity index (χ4v) is 5.68. The van der Waals surface area contributed by atoms with Crippen LogP contribution in [-0.4, -0.2) is 68.0 Å². The fraction of sp³-hybridized carbons (Fsp3) is 0.273. The van der Waals surface area contributed by atoms with Crippen molar-refractivity contribution in [3.05, 3.63) is 70.3 Å². The van der Waals surface area contributed by atoms with Gasteiger partial charge in [-0.25, -0.2) is 13.2 Å². The molecule has 0 unspecified atom stereocenters. The maximum absolute atomic E-state index is 13.0. The van der Waals surface area contributed by atoms with E-state index >= 15 is 0 Å². The van der Waals surface area contributed by atoms with Gasteiger partial charge in [0.15, 0.2) is 28.0 Å². The highest BCUT2D eigenvalue weighted by Gasteiger charge is 2.35. The highest BCUT2D eigenvalue weighted by Crippen LogP contribution is 2.29. The average molecular weight is 441 g/mol. The van der Waals surface area contributed by atoms with E-state index in [2.05, 4.69) is 0 Å². The van der Waals surface area contributed by atoms with Crippen LogP contribution in [0.5, 0.6) is 0 Å². The number of esters is 1. The van der Waals surface area contributed by atoms with Crippen LogP contribution >= 0.6 is 0 Å². The Kier molecular flexibility index (Phi) is 5.22. The second-order valence-corrected chi connectivity index (χ2v) is 9.80. The minimum absolute atomic E-state index is 0.0167. The number of rotatable bonds is 4. The Bertz CT molecular complexity index is 1230. The Morgan fingerprint density at radius 2 is 1.65 bits per heavy atom. The zero-order valence-electron chi connectivity index (χ0n) is 16.7. The Morgan fingerprint density at radius 1 is 1.00 bits per heavy atom. The summed E-state index contributed by atoms with van der Waals surface area (Å²) in [6.45, 7) is -0.603. The molecule has 31 heavy (non-hydrogen) atoms. The minimum atomic E-state index is -3.17. The smallest absolute Gasteiger partial charge is 0.339 e. The van der Waals surface area contributed by atoms with Gasteiger partial charge in [-0.2, -0.15) is 0 Å². The Labute approximate surface area is 178 Å². The quantitative estimate of drug-likeness (QED) is 0.560. The lowest BCUT2D eigenvalue weighted by atomic mass is 9.82. The number of sulfone groups is 1. The van der Waals surface area contributed by atoms with Crippen LogP contribution in [0.15, 0.2) is 42.5 Å². The highest BCUT2D eigenvalue weighted by molar-refractivity contribution is 7.91. The van der Waals surface area contributed by atoms with Gasteiger partial charge >= 0.3 is 5.97 Å². The number of benzene rings is 2. The number of ether oxygens (including phenoxy) is 1. The molecule has 1 aliphatic carbocycles. The molecule has 160 valence electrons. The molecular weight excluding hydrogens is 422 g/mol. The van der Waals surface area contributed by atoms with Gasteiger partial charge < -0.3 is 9.64 Å². The molecule has 1 aliphatic heterocycles. The van der Waals surface area contributed by atoms with Crippen LogP contribution in [0.1, 0.15) is 48.6 Å². The largest absolute Gasteiger partial charge is 0.452 e. The van der Waals surface area contributed by atoms with Gasteiger partial charge in [-0.3, -0.25) is 14.4 Å². The van der Waals surface area contributed by atoms with E-state index in [4.69, 9.17) is 4.74 Å². The molecule has 2 aromatic carbocycles. The predicted molar refractivity (Wildman–Crippen MR) is 110 cm³/mol. The van der Waals surface area contributed by atoms with E-state index in [0.717, 1.165) is 0 Å². The molecule has 1 amide bonds. The van der Waals surface area contributed by atoms with Gasteiger partial charge in [0, 0.05) is 35.3 Å². The van der Waals surface area contributed by atoms with Crippen LogP contribution in [0.25, 0.3) is 0 Å². The number of nitrogens with zero attached hydrogens (tertiary/aromatic N) is 1. The number of likely N-dealkylation sites (N-methyl/N-ethyl adjacent to an activating group) is 1. The SMILES string of the molecule is CN(C(=O)COC(=O)c1cccc2c1C(=O)c1ccccc1C2=O)[C@H]1CCS(=O)(=O)C1. The average Bonchev–Trinajstić information content (AvgIpc) is 3.14. The monoisotopic (exact) mass is 441 g/mol. The Hall–Kier alpha value is -3.33. The number of ketones is 2. The van der Waals surface area contributed by atoms with Gasteiger partial charge in [-0.05, 0) is 12.5 Å². The summed E-state index contributed by atoms with van der Waals surface area (Å²) in [7, 11) is -1.70. The first kappa shape index (κ1) is 20.9. The molecule has 2 aliphatic rings. The van der Waals surface area contributed by atoms with Crippen LogP contribution in [-0.2, 0) is 19.4 Å². The molecule has 1 heterocycles. The lowest BCUT2D eigenvalue weighted by molar-refractivity contribution is -0.134. The van der Waals surface area contributed by atoms with Crippen molar-refractivity contribution in [3.63, 3.8) is 0 Å². The summed E-state index contributed by atoms with van der Waals surface area (Å²) in [6.07, 6.45) is 0.334. The number of hydrogen-bond acceptors (Lipinski definition) is 7. The first-order chi connectivity index (χ1) is 14.7. The van der Waals surface area contributed by atoms with Gasteiger partial charge in [-0.15, -0.1) is 0 Å². The van der Waals surface area contributed by atoms with Crippen molar-refractivity contribution in [1.29, 1.82) is 0 Å². The third-order valence-corrected chi connectivity index (χ3v) is 7.40. The standard InChI is InChI=1S/C22H19NO7S/c1-23(13-9-10-31(28,29)12-13)18(24)11-30-22(27)17-8-4-7-16-19(17)21(26)15-6-3-2-5-14(15)20(16)25/h2-8,13H,9-12H2,1H3/t13-/m0/s1. The van der Waals surface area contributed by atoms with Crippen molar-refractivity contribution in [2.75, 3.05) is 25.2 Å². The van der Waals surface area contributed by atoms with Crippen molar-refractivity contribution in [2.45, 2.75) is 12.5 Å². The molecule has 2 aromatic rings. The van der Waals surface area contributed by atoms with Crippen LogP contribution in [0.2, 0.25) is 0 Å². The van der Waals surface area contributed by atoms with E-state index in [1.54, 1.807) is 18.2 Å². The van der Waals surface area contributed by atoms with Crippen molar-refractivity contribution < 1.29 is 32.3 Å². The number of carbonyl (C=O) groups excluding carboxylic acids is 4. The fourth-order valence-electron chi connectivity index (χ4n) is 3.91. The van der Waals surface area contributed by atoms with Gasteiger partial charge in [0.2, 0.25) is 0 Å². The van der Waals surface area contributed by atoms with E-state index < -0.39 is 40.1 Å². The second-order valence-electron chi connectivity index (χ2n) is 7.57.